The maximum atomic E-state index is 2.29. The Balaban J connectivity index is 2.58. The fourth-order valence-corrected chi connectivity index (χ4v) is 1.52. The van der Waals surface area contributed by atoms with Crippen molar-refractivity contribution < 1.29 is 4.57 Å². The molecule has 0 amide bonds. The molecule has 1 aromatic rings. The first-order chi connectivity index (χ1) is 5.29. The van der Waals surface area contributed by atoms with Gasteiger partial charge < -0.3 is 0 Å². The SMILES string of the molecule is CC1=Cc2cccc[n+]2C1C. The minimum absolute atomic E-state index is 0.547. The Bertz CT molecular complexity index is 312. The molecule has 0 saturated heterocycles. The lowest BCUT2D eigenvalue weighted by atomic mass is 10.2. The van der Waals surface area contributed by atoms with Crippen LogP contribution in [0.1, 0.15) is 25.6 Å². The molecule has 1 aromatic heterocycles. The molecule has 0 fully saturated rings. The van der Waals surface area contributed by atoms with Crippen molar-refractivity contribution in [1.82, 2.24) is 0 Å². The Labute approximate surface area is 67.0 Å². The first-order valence-electron chi connectivity index (χ1n) is 3.97. The Morgan fingerprint density at radius 3 is 2.91 bits per heavy atom. The fourth-order valence-electron chi connectivity index (χ4n) is 1.52. The Kier molecular flexibility index (Phi) is 1.31. The fraction of sp³-hybridized carbons (Fsp3) is 0.300. The lowest BCUT2D eigenvalue weighted by molar-refractivity contribution is -0.708. The van der Waals surface area contributed by atoms with Crippen molar-refractivity contribution in [3.63, 3.8) is 0 Å². The van der Waals surface area contributed by atoms with Crippen molar-refractivity contribution in [2.24, 2.45) is 0 Å². The molecule has 0 saturated carbocycles. The summed E-state index contributed by atoms with van der Waals surface area (Å²) >= 11 is 0. The summed E-state index contributed by atoms with van der Waals surface area (Å²) in [5.41, 5.74) is 2.76. The highest BCUT2D eigenvalue weighted by Crippen LogP contribution is 2.19. The summed E-state index contributed by atoms with van der Waals surface area (Å²) in [6.45, 7) is 4.40. The largest absolute Gasteiger partial charge is 0.205 e. The smallest absolute Gasteiger partial charge is 0.192 e. The number of nitrogens with zero attached hydrogens (tertiary/aromatic N) is 1. The van der Waals surface area contributed by atoms with E-state index in [2.05, 4.69) is 48.9 Å². The van der Waals surface area contributed by atoms with Crippen LogP contribution in [0.15, 0.2) is 30.0 Å². The maximum Gasteiger partial charge on any atom is 0.205 e. The summed E-state index contributed by atoms with van der Waals surface area (Å²) in [4.78, 5) is 0. The first-order valence-corrected chi connectivity index (χ1v) is 3.97. The van der Waals surface area contributed by atoms with Gasteiger partial charge in [0.2, 0.25) is 5.69 Å². The average molecular weight is 146 g/mol. The van der Waals surface area contributed by atoms with E-state index in [1.165, 1.54) is 11.3 Å². The molecule has 0 radical (unpaired) electrons. The highest BCUT2D eigenvalue weighted by molar-refractivity contribution is 5.48. The highest BCUT2D eigenvalue weighted by Gasteiger charge is 2.24. The summed E-state index contributed by atoms with van der Waals surface area (Å²) in [5.74, 6) is 0. The average Bonchev–Trinajstić information content (AvgIpc) is 2.30. The topological polar surface area (TPSA) is 3.88 Å². The van der Waals surface area contributed by atoms with Crippen molar-refractivity contribution >= 4 is 6.08 Å². The van der Waals surface area contributed by atoms with Crippen molar-refractivity contribution in [1.29, 1.82) is 0 Å². The van der Waals surface area contributed by atoms with E-state index in [9.17, 15) is 0 Å². The van der Waals surface area contributed by atoms with Gasteiger partial charge in [0.1, 0.15) is 0 Å². The summed E-state index contributed by atoms with van der Waals surface area (Å²) in [7, 11) is 0. The summed E-state index contributed by atoms with van der Waals surface area (Å²) in [6, 6.07) is 6.85. The van der Waals surface area contributed by atoms with E-state index in [1.54, 1.807) is 0 Å². The van der Waals surface area contributed by atoms with Crippen molar-refractivity contribution in [3.05, 3.63) is 35.7 Å². The molecule has 1 heteroatoms. The van der Waals surface area contributed by atoms with Gasteiger partial charge in [0.15, 0.2) is 12.2 Å². The van der Waals surface area contributed by atoms with Gasteiger partial charge >= 0.3 is 0 Å². The molecule has 2 heterocycles. The molecular weight excluding hydrogens is 134 g/mol. The number of aromatic nitrogens is 1. The molecule has 1 aliphatic rings. The van der Waals surface area contributed by atoms with Crippen molar-refractivity contribution in [2.75, 3.05) is 0 Å². The van der Waals surface area contributed by atoms with Crippen LogP contribution < -0.4 is 4.57 Å². The van der Waals surface area contributed by atoms with Crippen LogP contribution in [0.5, 0.6) is 0 Å². The number of rotatable bonds is 0. The number of hydrogen-bond acceptors (Lipinski definition) is 0. The zero-order valence-electron chi connectivity index (χ0n) is 6.91. The van der Waals surface area contributed by atoms with Gasteiger partial charge in [-0.25, -0.2) is 0 Å². The van der Waals surface area contributed by atoms with Crippen molar-refractivity contribution in [3.8, 4) is 0 Å². The Morgan fingerprint density at radius 1 is 1.36 bits per heavy atom. The molecular formula is C10H12N+. The Hall–Kier alpha value is -1.11. The molecule has 1 atom stereocenters. The third-order valence-corrected chi connectivity index (χ3v) is 2.37. The second-order valence-electron chi connectivity index (χ2n) is 3.10. The molecule has 1 unspecified atom stereocenters. The van der Waals surface area contributed by atoms with E-state index >= 15 is 0 Å². The van der Waals surface area contributed by atoms with E-state index in [1.807, 2.05) is 0 Å². The molecule has 0 N–H and O–H groups in total. The van der Waals surface area contributed by atoms with E-state index in [0.29, 0.717) is 6.04 Å². The normalized spacial score (nSPS) is 21.3. The Morgan fingerprint density at radius 2 is 2.18 bits per heavy atom. The zero-order valence-corrected chi connectivity index (χ0v) is 6.91. The van der Waals surface area contributed by atoms with Gasteiger partial charge in [-0.1, -0.05) is 0 Å². The van der Waals surface area contributed by atoms with Gasteiger partial charge in [-0.05, 0) is 13.0 Å². The van der Waals surface area contributed by atoms with Crippen molar-refractivity contribution in [2.45, 2.75) is 19.9 Å². The van der Waals surface area contributed by atoms with Crippen LogP contribution in [0.25, 0.3) is 6.08 Å². The monoisotopic (exact) mass is 146 g/mol. The van der Waals surface area contributed by atoms with E-state index in [-0.39, 0.29) is 0 Å². The van der Waals surface area contributed by atoms with Gasteiger partial charge in [0.05, 0.1) is 0 Å². The van der Waals surface area contributed by atoms with Crippen LogP contribution in [0.3, 0.4) is 0 Å². The number of allylic oxidation sites excluding steroid dienone is 1. The van der Waals surface area contributed by atoms with Crippen LogP contribution in [0.4, 0.5) is 0 Å². The lowest BCUT2D eigenvalue weighted by Gasteiger charge is -1.99. The molecule has 0 aliphatic carbocycles. The standard InChI is InChI=1S/C10H12N/c1-8-7-10-5-3-4-6-11(10)9(8)2/h3-7,9H,1-2H3/q+1. The zero-order chi connectivity index (χ0) is 7.84. The van der Waals surface area contributed by atoms with Gasteiger partial charge in [0.25, 0.3) is 0 Å². The van der Waals surface area contributed by atoms with E-state index < -0.39 is 0 Å². The van der Waals surface area contributed by atoms with Crippen LogP contribution in [-0.2, 0) is 0 Å². The minimum Gasteiger partial charge on any atom is -0.192 e. The van der Waals surface area contributed by atoms with Crippen LogP contribution >= 0.6 is 0 Å². The summed E-state index contributed by atoms with van der Waals surface area (Å²) < 4.78 is 2.29. The molecule has 0 bridgehead atoms. The second-order valence-corrected chi connectivity index (χ2v) is 3.10. The van der Waals surface area contributed by atoms with Gasteiger partial charge in [-0.2, -0.15) is 4.57 Å². The minimum atomic E-state index is 0.547. The van der Waals surface area contributed by atoms with E-state index in [4.69, 9.17) is 0 Å². The van der Waals surface area contributed by atoms with Gasteiger partial charge in [0, 0.05) is 30.7 Å². The molecule has 56 valence electrons. The number of pyridine rings is 1. The molecule has 1 nitrogen and oxygen atoms in total. The quantitative estimate of drug-likeness (QED) is 0.492. The number of hydrogen-bond donors (Lipinski definition) is 0. The summed E-state index contributed by atoms with van der Waals surface area (Å²) in [6.07, 6.45) is 4.37. The van der Waals surface area contributed by atoms with Crippen LogP contribution in [0.2, 0.25) is 0 Å². The van der Waals surface area contributed by atoms with Gasteiger partial charge in [-0.3, -0.25) is 0 Å². The summed E-state index contributed by atoms with van der Waals surface area (Å²) in [5, 5.41) is 0. The lowest BCUT2D eigenvalue weighted by Crippen LogP contribution is -2.36. The van der Waals surface area contributed by atoms with Crippen LogP contribution in [0, 0.1) is 0 Å². The molecule has 2 rings (SSSR count). The molecule has 0 aromatic carbocycles. The number of fused-ring (bicyclic) bond motifs is 1. The first kappa shape index (κ1) is 6.59. The molecule has 0 spiro atoms. The third kappa shape index (κ3) is 0.881. The molecule has 1 aliphatic heterocycles. The van der Waals surface area contributed by atoms with Crippen LogP contribution in [-0.4, -0.2) is 0 Å². The highest BCUT2D eigenvalue weighted by atomic mass is 15.0. The van der Waals surface area contributed by atoms with E-state index in [0.717, 1.165) is 0 Å². The predicted octanol–water partition coefficient (Wildman–Crippen LogP) is 1.95. The predicted molar refractivity (Wildman–Crippen MR) is 45.0 cm³/mol. The molecule has 11 heavy (non-hydrogen) atoms. The van der Waals surface area contributed by atoms with Gasteiger partial charge in [-0.15, -0.1) is 0 Å². The second kappa shape index (κ2) is 2.19. The third-order valence-electron chi connectivity index (χ3n) is 2.37. The maximum absolute atomic E-state index is 2.29.